The maximum Gasteiger partial charge on any atom is 0.298 e. The molecule has 0 unspecified atom stereocenters. The number of methoxy groups -OCH3 is 1. The van der Waals surface area contributed by atoms with Crippen LogP contribution in [0.15, 0.2) is 23.0 Å². The smallest absolute Gasteiger partial charge is 0.298 e. The lowest BCUT2D eigenvalue weighted by Crippen LogP contribution is -2.23. The molecule has 0 aliphatic rings. The van der Waals surface area contributed by atoms with E-state index in [9.17, 15) is 9.59 Å². The van der Waals surface area contributed by atoms with E-state index < -0.39 is 5.56 Å². The number of pyridine rings is 1. The summed E-state index contributed by atoms with van der Waals surface area (Å²) in [5.41, 5.74) is 6.64. The third kappa shape index (κ3) is 2.69. The lowest BCUT2D eigenvalue weighted by atomic mass is 10.1. The minimum absolute atomic E-state index is 0.0964. The summed E-state index contributed by atoms with van der Waals surface area (Å²) < 4.78 is 11.7. The van der Waals surface area contributed by atoms with E-state index in [1.807, 2.05) is 6.92 Å². The molecule has 1 heterocycles. The van der Waals surface area contributed by atoms with E-state index in [-0.39, 0.29) is 18.0 Å². The highest BCUT2D eigenvalue weighted by Gasteiger charge is 2.19. The highest BCUT2D eigenvalue weighted by Crippen LogP contribution is 2.33. The van der Waals surface area contributed by atoms with Gasteiger partial charge in [-0.3, -0.25) is 9.59 Å². The van der Waals surface area contributed by atoms with E-state index in [0.717, 1.165) is 12.8 Å². The lowest BCUT2D eigenvalue weighted by molar-refractivity contribution is -0.120. The molecule has 0 saturated heterocycles. The summed E-state index contributed by atoms with van der Waals surface area (Å²) in [6.07, 6.45) is 1.77. The molecule has 2 aromatic rings. The van der Waals surface area contributed by atoms with E-state index in [1.54, 1.807) is 22.8 Å². The number of unbranched alkanes of at least 4 members (excludes halogenated alkanes) is 1. The number of aromatic nitrogens is 1. The normalized spacial score (nSPS) is 10.6. The first-order valence-electron chi connectivity index (χ1n) is 6.74. The molecule has 2 rings (SSSR count). The molecule has 0 aliphatic carbocycles. The lowest BCUT2D eigenvalue weighted by Gasteiger charge is -2.15. The van der Waals surface area contributed by atoms with Crippen LogP contribution in [0.5, 0.6) is 11.5 Å². The van der Waals surface area contributed by atoms with Crippen molar-refractivity contribution < 1.29 is 14.3 Å². The minimum Gasteiger partial charge on any atom is -0.492 e. The summed E-state index contributed by atoms with van der Waals surface area (Å²) in [4.78, 5) is 23.2. The van der Waals surface area contributed by atoms with Crippen molar-refractivity contribution in [2.45, 2.75) is 26.3 Å². The second-order valence-corrected chi connectivity index (χ2v) is 4.66. The van der Waals surface area contributed by atoms with Crippen LogP contribution in [0, 0.1) is 0 Å². The first kappa shape index (κ1) is 14.9. The van der Waals surface area contributed by atoms with Crippen molar-refractivity contribution in [2.75, 3.05) is 12.8 Å². The molecule has 0 aliphatic heterocycles. The Morgan fingerprint density at radius 3 is 2.71 bits per heavy atom. The first-order chi connectivity index (χ1) is 10.1. The molecule has 0 amide bonds. The standard InChI is InChI=1S/C15H18N2O4/c1-3-4-7-17-12-8-10(16)5-6-11(12)13(20-2)14(15(17)19)21-9-18/h5-6,8-9H,3-4,7,16H2,1-2H3. The molecule has 1 aromatic carbocycles. The molecular weight excluding hydrogens is 272 g/mol. The van der Waals surface area contributed by atoms with Gasteiger partial charge in [0.05, 0.1) is 12.6 Å². The fourth-order valence-corrected chi connectivity index (χ4v) is 2.31. The van der Waals surface area contributed by atoms with E-state index in [2.05, 4.69) is 0 Å². The van der Waals surface area contributed by atoms with Gasteiger partial charge in [-0.1, -0.05) is 13.3 Å². The quantitative estimate of drug-likeness (QED) is 0.649. The van der Waals surface area contributed by atoms with E-state index in [1.165, 1.54) is 7.11 Å². The summed E-state index contributed by atoms with van der Waals surface area (Å²) in [7, 11) is 1.43. The molecule has 6 heteroatoms. The van der Waals surface area contributed by atoms with Crippen molar-refractivity contribution in [2.24, 2.45) is 0 Å². The van der Waals surface area contributed by atoms with Crippen molar-refractivity contribution in [3.8, 4) is 11.5 Å². The van der Waals surface area contributed by atoms with Crippen LogP contribution in [-0.2, 0) is 11.3 Å². The number of hydrogen-bond donors (Lipinski definition) is 1. The number of carbonyl (C=O) groups excluding carboxylic acids is 1. The Kier molecular flexibility index (Phi) is 4.47. The summed E-state index contributed by atoms with van der Waals surface area (Å²) >= 11 is 0. The second kappa shape index (κ2) is 6.30. The third-order valence-corrected chi connectivity index (χ3v) is 3.31. The summed E-state index contributed by atoms with van der Waals surface area (Å²) in [5.74, 6) is 0.149. The zero-order chi connectivity index (χ0) is 15.4. The van der Waals surface area contributed by atoms with Gasteiger partial charge in [-0.2, -0.15) is 0 Å². The third-order valence-electron chi connectivity index (χ3n) is 3.31. The minimum atomic E-state index is -0.398. The zero-order valence-corrected chi connectivity index (χ0v) is 12.1. The van der Waals surface area contributed by atoms with Gasteiger partial charge < -0.3 is 19.8 Å². The molecule has 0 atom stereocenters. The number of anilines is 1. The number of nitrogen functional groups attached to an aromatic ring is 1. The molecule has 0 saturated carbocycles. The molecule has 21 heavy (non-hydrogen) atoms. The molecule has 1 aromatic heterocycles. The first-order valence-corrected chi connectivity index (χ1v) is 6.74. The average molecular weight is 290 g/mol. The van der Waals surface area contributed by atoms with Crippen LogP contribution in [-0.4, -0.2) is 18.1 Å². The number of benzene rings is 1. The molecule has 6 nitrogen and oxygen atoms in total. The van der Waals surface area contributed by atoms with E-state index in [0.29, 0.717) is 23.1 Å². The Bertz CT molecular complexity index is 722. The molecule has 2 N–H and O–H groups in total. The van der Waals surface area contributed by atoms with E-state index >= 15 is 0 Å². The van der Waals surface area contributed by atoms with Crippen molar-refractivity contribution in [1.29, 1.82) is 0 Å². The SMILES string of the molecule is CCCCn1c(=O)c(OC=O)c(OC)c2ccc(N)cc21. The van der Waals surface area contributed by atoms with Crippen molar-refractivity contribution in [3.05, 3.63) is 28.6 Å². The Balaban J connectivity index is 2.84. The molecule has 112 valence electrons. The summed E-state index contributed by atoms with van der Waals surface area (Å²) in [5, 5.41) is 0.680. The van der Waals surface area contributed by atoms with Crippen LogP contribution >= 0.6 is 0 Å². The fraction of sp³-hybridized carbons (Fsp3) is 0.333. The van der Waals surface area contributed by atoms with Gasteiger partial charge in [0, 0.05) is 17.6 Å². The highest BCUT2D eigenvalue weighted by atomic mass is 16.5. The number of nitrogens with zero attached hydrogens (tertiary/aromatic N) is 1. The Morgan fingerprint density at radius 1 is 1.33 bits per heavy atom. The highest BCUT2D eigenvalue weighted by molar-refractivity contribution is 5.90. The van der Waals surface area contributed by atoms with Crippen LogP contribution in [0.1, 0.15) is 19.8 Å². The second-order valence-electron chi connectivity index (χ2n) is 4.66. The maximum atomic E-state index is 12.5. The van der Waals surface area contributed by atoms with Gasteiger partial charge in [0.2, 0.25) is 5.75 Å². The largest absolute Gasteiger partial charge is 0.492 e. The fourth-order valence-electron chi connectivity index (χ4n) is 2.31. The van der Waals surface area contributed by atoms with Gasteiger partial charge in [-0.15, -0.1) is 0 Å². The van der Waals surface area contributed by atoms with Gasteiger partial charge in [-0.25, -0.2) is 0 Å². The average Bonchev–Trinajstić information content (AvgIpc) is 2.48. The number of fused-ring (bicyclic) bond motifs is 1. The van der Waals surface area contributed by atoms with Gasteiger partial charge in [-0.05, 0) is 24.6 Å². The molecule has 0 bridgehead atoms. The van der Waals surface area contributed by atoms with Crippen LogP contribution in [0.2, 0.25) is 0 Å². The van der Waals surface area contributed by atoms with Crippen LogP contribution < -0.4 is 20.8 Å². The number of carbonyl (C=O) groups is 1. The van der Waals surface area contributed by atoms with Crippen molar-refractivity contribution >= 4 is 23.1 Å². The summed E-state index contributed by atoms with van der Waals surface area (Å²) in [6, 6.07) is 5.19. The number of ether oxygens (including phenoxy) is 2. The molecule has 0 spiro atoms. The van der Waals surface area contributed by atoms with Gasteiger partial charge in [0.1, 0.15) is 0 Å². The predicted octanol–water partition coefficient (Wildman–Crippen LogP) is 1.93. The van der Waals surface area contributed by atoms with Gasteiger partial charge >= 0.3 is 0 Å². The van der Waals surface area contributed by atoms with E-state index in [4.69, 9.17) is 15.2 Å². The number of hydrogen-bond acceptors (Lipinski definition) is 5. The van der Waals surface area contributed by atoms with Gasteiger partial charge in [0.25, 0.3) is 12.0 Å². The summed E-state index contributed by atoms with van der Waals surface area (Å²) in [6.45, 7) is 2.79. The molecular formula is C15H18N2O4. The monoisotopic (exact) mass is 290 g/mol. The Labute approximate surface area is 122 Å². The number of aryl methyl sites for hydroxylation is 1. The van der Waals surface area contributed by atoms with Crippen LogP contribution in [0.4, 0.5) is 5.69 Å². The van der Waals surface area contributed by atoms with Crippen molar-refractivity contribution in [1.82, 2.24) is 4.57 Å². The topological polar surface area (TPSA) is 83.5 Å². The molecule has 0 radical (unpaired) electrons. The molecule has 0 fully saturated rings. The van der Waals surface area contributed by atoms with Crippen LogP contribution in [0.3, 0.4) is 0 Å². The zero-order valence-electron chi connectivity index (χ0n) is 12.1. The maximum absolute atomic E-state index is 12.5. The number of nitrogens with two attached hydrogens (primary N) is 1. The Hall–Kier alpha value is -2.50. The van der Waals surface area contributed by atoms with Crippen molar-refractivity contribution in [3.63, 3.8) is 0 Å². The van der Waals surface area contributed by atoms with Gasteiger partial charge in [0.15, 0.2) is 5.75 Å². The van der Waals surface area contributed by atoms with Crippen LogP contribution in [0.25, 0.3) is 10.9 Å². The Morgan fingerprint density at radius 2 is 2.10 bits per heavy atom. The number of rotatable bonds is 6. The predicted molar refractivity (Wildman–Crippen MR) is 80.8 cm³/mol.